The van der Waals surface area contributed by atoms with E-state index in [1.807, 2.05) is 0 Å². The van der Waals surface area contributed by atoms with Crippen LogP contribution in [0.2, 0.25) is 0 Å². The van der Waals surface area contributed by atoms with Crippen molar-refractivity contribution in [3.05, 3.63) is 0 Å². The summed E-state index contributed by atoms with van der Waals surface area (Å²) in [5.74, 6) is -0.399. The SMILES string of the molecule is CCCCCCCCCCCCCCCCCCCCCCCCCCCCC([NH])=O. The van der Waals surface area contributed by atoms with Crippen LogP contribution < -0.4 is 5.73 Å². The third-order valence-electron chi connectivity index (χ3n) is 6.76. The molecular weight excluding hydrogens is 378 g/mol. The summed E-state index contributed by atoms with van der Waals surface area (Å²) in [6.45, 7) is 2.30. The lowest BCUT2D eigenvalue weighted by Crippen LogP contribution is -1.96. The van der Waals surface area contributed by atoms with Crippen molar-refractivity contribution in [2.75, 3.05) is 0 Å². The Morgan fingerprint density at radius 2 is 0.581 bits per heavy atom. The molecule has 2 heteroatoms. The van der Waals surface area contributed by atoms with Gasteiger partial charge in [0.1, 0.15) is 0 Å². The fourth-order valence-electron chi connectivity index (χ4n) is 4.60. The highest BCUT2D eigenvalue weighted by Gasteiger charge is 1.97. The number of carbonyl (C=O) groups excluding carboxylic acids is 1. The molecule has 0 saturated heterocycles. The van der Waals surface area contributed by atoms with Gasteiger partial charge in [0, 0.05) is 6.42 Å². The molecule has 0 heterocycles. The molecule has 0 rings (SSSR count). The van der Waals surface area contributed by atoms with Gasteiger partial charge in [0.25, 0.3) is 0 Å². The Morgan fingerprint density at radius 1 is 0.387 bits per heavy atom. The molecule has 0 fully saturated rings. The maximum atomic E-state index is 10.5. The van der Waals surface area contributed by atoms with E-state index in [1.54, 1.807) is 0 Å². The fraction of sp³-hybridized carbons (Fsp3) is 0.966. The molecule has 0 aromatic rings. The number of hydrogen-bond acceptors (Lipinski definition) is 1. The van der Waals surface area contributed by atoms with Crippen molar-refractivity contribution in [2.24, 2.45) is 0 Å². The van der Waals surface area contributed by atoms with Gasteiger partial charge in [0.15, 0.2) is 0 Å². The zero-order valence-corrected chi connectivity index (χ0v) is 21.5. The van der Waals surface area contributed by atoms with Crippen LogP contribution in [0.5, 0.6) is 0 Å². The summed E-state index contributed by atoms with van der Waals surface area (Å²) in [4.78, 5) is 10.5. The minimum atomic E-state index is -0.399. The van der Waals surface area contributed by atoms with Crippen LogP contribution in [0.3, 0.4) is 0 Å². The predicted octanol–water partition coefficient (Wildman–Crippen LogP) is 10.3. The Kier molecular flexibility index (Phi) is 27.0. The summed E-state index contributed by atoms with van der Waals surface area (Å²) < 4.78 is 0. The molecule has 0 saturated carbocycles. The smallest absolute Gasteiger partial charge is 0.238 e. The third kappa shape index (κ3) is 29.5. The van der Waals surface area contributed by atoms with E-state index in [1.165, 1.54) is 154 Å². The number of carbonyl (C=O) groups is 1. The molecule has 0 spiro atoms. The topological polar surface area (TPSA) is 40.9 Å². The molecule has 0 aliphatic heterocycles. The first-order chi connectivity index (χ1) is 15.3. The molecule has 0 aliphatic carbocycles. The molecule has 0 aromatic carbocycles. The Bertz CT molecular complexity index is 342. The quantitative estimate of drug-likeness (QED) is 0.118. The largest absolute Gasteiger partial charge is 0.273 e. The van der Waals surface area contributed by atoms with E-state index in [0.29, 0.717) is 6.42 Å². The van der Waals surface area contributed by atoms with Crippen molar-refractivity contribution in [1.29, 1.82) is 0 Å². The normalized spacial score (nSPS) is 11.3. The molecular formula is C29H58NO. The van der Waals surface area contributed by atoms with Crippen molar-refractivity contribution in [2.45, 2.75) is 180 Å². The van der Waals surface area contributed by atoms with Gasteiger partial charge in [0.05, 0.1) is 0 Å². The Balaban J connectivity index is 3.00. The van der Waals surface area contributed by atoms with Crippen LogP contribution >= 0.6 is 0 Å². The number of rotatable bonds is 27. The van der Waals surface area contributed by atoms with Gasteiger partial charge < -0.3 is 0 Å². The van der Waals surface area contributed by atoms with Crippen molar-refractivity contribution in [3.63, 3.8) is 0 Å². The van der Waals surface area contributed by atoms with Crippen LogP contribution in [-0.4, -0.2) is 5.91 Å². The predicted molar refractivity (Wildman–Crippen MR) is 138 cm³/mol. The monoisotopic (exact) mass is 436 g/mol. The van der Waals surface area contributed by atoms with Crippen LogP contribution in [-0.2, 0) is 4.79 Å². The maximum Gasteiger partial charge on any atom is 0.238 e. The summed E-state index contributed by atoms with van der Waals surface area (Å²) >= 11 is 0. The first kappa shape index (κ1) is 30.5. The molecule has 0 atom stereocenters. The van der Waals surface area contributed by atoms with Crippen LogP contribution in [0.1, 0.15) is 180 Å². The third-order valence-corrected chi connectivity index (χ3v) is 6.76. The van der Waals surface area contributed by atoms with Crippen LogP contribution in [0.15, 0.2) is 0 Å². The first-order valence-electron chi connectivity index (χ1n) is 14.5. The lowest BCUT2D eigenvalue weighted by molar-refractivity contribution is -0.118. The summed E-state index contributed by atoms with van der Waals surface area (Å²) in [7, 11) is 0. The Hall–Kier alpha value is -0.530. The van der Waals surface area contributed by atoms with Gasteiger partial charge in [-0.05, 0) is 6.42 Å². The van der Waals surface area contributed by atoms with Gasteiger partial charge in [-0.1, -0.05) is 167 Å². The molecule has 1 amide bonds. The molecule has 1 N–H and O–H groups in total. The van der Waals surface area contributed by atoms with E-state index in [0.717, 1.165) is 12.8 Å². The van der Waals surface area contributed by atoms with Crippen molar-refractivity contribution in [3.8, 4) is 0 Å². The van der Waals surface area contributed by atoms with Gasteiger partial charge in [-0.3, -0.25) is 10.5 Å². The second kappa shape index (κ2) is 27.5. The summed E-state index contributed by atoms with van der Waals surface area (Å²) in [6, 6.07) is 0. The second-order valence-corrected chi connectivity index (χ2v) is 10.0. The molecule has 1 radical (unpaired) electrons. The molecule has 0 aromatic heterocycles. The minimum Gasteiger partial charge on any atom is -0.273 e. The number of nitrogens with one attached hydrogen (secondary N) is 1. The average Bonchev–Trinajstić information content (AvgIpc) is 2.76. The van der Waals surface area contributed by atoms with Gasteiger partial charge in [-0.2, -0.15) is 0 Å². The van der Waals surface area contributed by atoms with Gasteiger partial charge >= 0.3 is 0 Å². The highest BCUT2D eigenvalue weighted by atomic mass is 16.1. The second-order valence-electron chi connectivity index (χ2n) is 10.0. The van der Waals surface area contributed by atoms with Crippen LogP contribution in [0, 0.1) is 0 Å². The highest BCUT2D eigenvalue weighted by molar-refractivity contribution is 5.72. The number of hydrogen-bond donors (Lipinski definition) is 0. The van der Waals surface area contributed by atoms with Crippen molar-refractivity contribution in [1.82, 2.24) is 5.73 Å². The fourth-order valence-corrected chi connectivity index (χ4v) is 4.60. The van der Waals surface area contributed by atoms with E-state index in [4.69, 9.17) is 5.73 Å². The van der Waals surface area contributed by atoms with E-state index in [9.17, 15) is 4.79 Å². The standard InChI is InChI=1S/C29H58NO/c1-2-3-4-5-6-7-8-9-10-11-12-13-14-15-16-17-18-19-20-21-22-23-24-25-26-27-28-29(30)31/h30H,2-28H2,1H3. The van der Waals surface area contributed by atoms with E-state index >= 15 is 0 Å². The van der Waals surface area contributed by atoms with Gasteiger partial charge in [-0.15, -0.1) is 0 Å². The minimum absolute atomic E-state index is 0.399. The van der Waals surface area contributed by atoms with Crippen molar-refractivity contribution >= 4 is 5.91 Å². The molecule has 0 aliphatic rings. The summed E-state index contributed by atoms with van der Waals surface area (Å²) in [6.07, 6.45) is 36.8. The molecule has 0 bridgehead atoms. The maximum absolute atomic E-state index is 10.5. The lowest BCUT2D eigenvalue weighted by atomic mass is 10.0. The number of unbranched alkanes of at least 4 members (excludes halogenated alkanes) is 25. The van der Waals surface area contributed by atoms with Crippen LogP contribution in [0.25, 0.3) is 0 Å². The summed E-state index contributed by atoms with van der Waals surface area (Å²) in [5, 5.41) is 0. The highest BCUT2D eigenvalue weighted by Crippen LogP contribution is 2.16. The van der Waals surface area contributed by atoms with E-state index < -0.39 is 5.91 Å². The number of amides is 1. The van der Waals surface area contributed by atoms with Gasteiger partial charge in [0.2, 0.25) is 5.91 Å². The first-order valence-corrected chi connectivity index (χ1v) is 14.5. The molecule has 0 unspecified atom stereocenters. The molecule has 185 valence electrons. The Labute approximate surface area is 196 Å². The Morgan fingerprint density at radius 3 is 0.774 bits per heavy atom. The molecule has 31 heavy (non-hydrogen) atoms. The average molecular weight is 437 g/mol. The summed E-state index contributed by atoms with van der Waals surface area (Å²) in [5.41, 5.74) is 6.88. The van der Waals surface area contributed by atoms with Crippen LogP contribution in [0.4, 0.5) is 0 Å². The van der Waals surface area contributed by atoms with E-state index in [-0.39, 0.29) is 0 Å². The van der Waals surface area contributed by atoms with Crippen molar-refractivity contribution < 1.29 is 4.79 Å². The lowest BCUT2D eigenvalue weighted by Gasteiger charge is -2.04. The van der Waals surface area contributed by atoms with Gasteiger partial charge in [-0.25, -0.2) is 0 Å². The zero-order valence-electron chi connectivity index (χ0n) is 21.5. The molecule has 2 nitrogen and oxygen atoms in total. The van der Waals surface area contributed by atoms with E-state index in [2.05, 4.69) is 6.92 Å². The zero-order chi connectivity index (χ0) is 22.7.